The van der Waals surface area contributed by atoms with Crippen molar-refractivity contribution in [3.05, 3.63) is 42.6 Å². The molecule has 1 aliphatic rings. The number of methoxy groups -OCH3 is 1. The predicted octanol–water partition coefficient (Wildman–Crippen LogP) is 2.56. The topological polar surface area (TPSA) is 67.6 Å². The van der Waals surface area contributed by atoms with E-state index >= 15 is 0 Å². The van der Waals surface area contributed by atoms with Gasteiger partial charge in [0.2, 0.25) is 5.88 Å². The van der Waals surface area contributed by atoms with Crippen molar-refractivity contribution >= 4 is 29.9 Å². The molecule has 1 saturated heterocycles. The molecule has 0 bridgehead atoms. The summed E-state index contributed by atoms with van der Waals surface area (Å²) in [5, 5.41) is 3.46. The van der Waals surface area contributed by atoms with Crippen molar-refractivity contribution in [1.29, 1.82) is 0 Å². The van der Waals surface area contributed by atoms with Crippen molar-refractivity contribution < 1.29 is 4.74 Å². The number of nitrogens with zero attached hydrogens (tertiary/aromatic N) is 5. The quantitative estimate of drug-likeness (QED) is 0.423. The Bertz CT molecular complexity index is 705. The molecule has 2 aromatic rings. The van der Waals surface area contributed by atoms with Gasteiger partial charge in [0, 0.05) is 51.3 Å². The lowest BCUT2D eigenvalue weighted by molar-refractivity contribution is 0.189. The van der Waals surface area contributed by atoms with Gasteiger partial charge in [-0.25, -0.2) is 9.97 Å². The molecule has 26 heavy (non-hydrogen) atoms. The number of imidazole rings is 1. The number of nitrogens with one attached hydrogen (secondary N) is 1. The zero-order valence-electron chi connectivity index (χ0n) is 15.5. The molecule has 1 fully saturated rings. The van der Waals surface area contributed by atoms with Crippen molar-refractivity contribution in [2.45, 2.75) is 25.9 Å². The lowest BCUT2D eigenvalue weighted by Crippen LogP contribution is -2.48. The number of aromatic nitrogens is 3. The third-order valence-corrected chi connectivity index (χ3v) is 4.80. The summed E-state index contributed by atoms with van der Waals surface area (Å²) >= 11 is 0. The minimum atomic E-state index is 0. The minimum Gasteiger partial charge on any atom is -0.481 e. The van der Waals surface area contributed by atoms with E-state index < -0.39 is 0 Å². The van der Waals surface area contributed by atoms with Gasteiger partial charge in [-0.3, -0.25) is 4.99 Å². The average molecular weight is 470 g/mol. The Labute approximate surface area is 171 Å². The van der Waals surface area contributed by atoms with Crippen LogP contribution >= 0.6 is 24.0 Å². The molecule has 8 heteroatoms. The third-order valence-electron chi connectivity index (χ3n) is 4.80. The van der Waals surface area contributed by atoms with E-state index in [2.05, 4.69) is 36.7 Å². The van der Waals surface area contributed by atoms with Crippen LogP contribution in [-0.4, -0.2) is 52.6 Å². The van der Waals surface area contributed by atoms with Gasteiger partial charge in [-0.1, -0.05) is 6.92 Å². The summed E-state index contributed by atoms with van der Waals surface area (Å²) in [7, 11) is 3.46. The van der Waals surface area contributed by atoms with E-state index in [-0.39, 0.29) is 24.0 Å². The van der Waals surface area contributed by atoms with Crippen molar-refractivity contribution in [3.63, 3.8) is 0 Å². The predicted molar refractivity (Wildman–Crippen MR) is 113 cm³/mol. The highest BCUT2D eigenvalue weighted by atomic mass is 127. The first-order valence-electron chi connectivity index (χ1n) is 8.63. The van der Waals surface area contributed by atoms with Gasteiger partial charge in [-0.2, -0.15) is 0 Å². The maximum atomic E-state index is 5.18. The van der Waals surface area contributed by atoms with Crippen LogP contribution in [0.4, 0.5) is 0 Å². The molecule has 0 amide bonds. The van der Waals surface area contributed by atoms with Crippen molar-refractivity contribution in [2.24, 2.45) is 10.9 Å². The van der Waals surface area contributed by atoms with E-state index in [1.165, 1.54) is 0 Å². The average Bonchev–Trinajstić information content (AvgIpc) is 3.18. The molecule has 0 saturated carbocycles. The summed E-state index contributed by atoms with van der Waals surface area (Å²) in [6.07, 6.45) is 8.69. The molecule has 7 nitrogen and oxygen atoms in total. The smallest absolute Gasteiger partial charge is 0.213 e. The normalized spacial score (nSPS) is 20.4. The summed E-state index contributed by atoms with van der Waals surface area (Å²) in [6.45, 7) is 4.93. The first-order valence-corrected chi connectivity index (χ1v) is 8.63. The van der Waals surface area contributed by atoms with Crippen LogP contribution in [0, 0.1) is 5.92 Å². The van der Waals surface area contributed by atoms with E-state index in [9.17, 15) is 0 Å². The molecule has 3 heterocycles. The monoisotopic (exact) mass is 470 g/mol. The maximum absolute atomic E-state index is 5.18. The number of rotatable bonds is 4. The largest absolute Gasteiger partial charge is 0.481 e. The highest BCUT2D eigenvalue weighted by Crippen LogP contribution is 2.27. The van der Waals surface area contributed by atoms with Crippen molar-refractivity contribution in [1.82, 2.24) is 24.8 Å². The molecule has 0 radical (unpaired) electrons. The van der Waals surface area contributed by atoms with Crippen LogP contribution in [0.2, 0.25) is 0 Å². The number of hydrogen-bond donors (Lipinski definition) is 1. The van der Waals surface area contributed by atoms with Gasteiger partial charge in [0.05, 0.1) is 19.5 Å². The summed E-state index contributed by atoms with van der Waals surface area (Å²) in [4.78, 5) is 15.1. The molecule has 0 spiro atoms. The maximum Gasteiger partial charge on any atom is 0.213 e. The van der Waals surface area contributed by atoms with Crippen LogP contribution in [0.5, 0.6) is 5.88 Å². The van der Waals surface area contributed by atoms with Gasteiger partial charge in [0.1, 0.15) is 0 Å². The van der Waals surface area contributed by atoms with Crippen LogP contribution in [-0.2, 0) is 6.54 Å². The fourth-order valence-electron chi connectivity index (χ4n) is 3.28. The number of hydrogen-bond acceptors (Lipinski definition) is 4. The molecule has 0 aromatic carbocycles. The molecule has 2 atom stereocenters. The molecular weight excluding hydrogens is 443 g/mol. The van der Waals surface area contributed by atoms with Gasteiger partial charge in [-0.15, -0.1) is 24.0 Å². The van der Waals surface area contributed by atoms with E-state index in [0.717, 1.165) is 31.0 Å². The van der Waals surface area contributed by atoms with Gasteiger partial charge in [0.15, 0.2) is 5.96 Å². The summed E-state index contributed by atoms with van der Waals surface area (Å²) in [5.74, 6) is 2.17. The highest BCUT2D eigenvalue weighted by Gasteiger charge is 2.28. The zero-order valence-corrected chi connectivity index (χ0v) is 17.8. The van der Waals surface area contributed by atoms with Gasteiger partial charge >= 0.3 is 0 Å². The molecule has 1 N–H and O–H groups in total. The Hall–Kier alpha value is -1.84. The van der Waals surface area contributed by atoms with E-state index in [0.29, 0.717) is 24.4 Å². The first kappa shape index (κ1) is 20.5. The Morgan fingerprint density at radius 1 is 1.42 bits per heavy atom. The lowest BCUT2D eigenvalue weighted by Gasteiger charge is -2.39. The van der Waals surface area contributed by atoms with Gasteiger partial charge in [-0.05, 0) is 24.0 Å². The SMILES string of the molecule is CN=C(NCc1ccnc(OC)c1)N1CCC(C)C(n2ccnc2)C1.I. The van der Waals surface area contributed by atoms with Crippen LogP contribution in [0.15, 0.2) is 42.0 Å². The number of guanidine groups is 1. The molecule has 2 aromatic heterocycles. The number of halogens is 1. The minimum absolute atomic E-state index is 0. The molecular formula is C18H27IN6O. The van der Waals surface area contributed by atoms with Crippen LogP contribution < -0.4 is 10.1 Å². The second-order valence-electron chi connectivity index (χ2n) is 6.40. The molecule has 2 unspecified atom stereocenters. The Morgan fingerprint density at radius 2 is 2.27 bits per heavy atom. The molecule has 3 rings (SSSR count). The van der Waals surface area contributed by atoms with Gasteiger partial charge < -0.3 is 19.5 Å². The zero-order chi connectivity index (χ0) is 17.6. The fourth-order valence-corrected chi connectivity index (χ4v) is 3.28. The second-order valence-corrected chi connectivity index (χ2v) is 6.40. The summed E-state index contributed by atoms with van der Waals surface area (Å²) in [6, 6.07) is 4.33. The van der Waals surface area contributed by atoms with Crippen LogP contribution in [0.25, 0.3) is 0 Å². The van der Waals surface area contributed by atoms with E-state index in [4.69, 9.17) is 4.74 Å². The molecule has 142 valence electrons. The van der Waals surface area contributed by atoms with Crippen LogP contribution in [0.3, 0.4) is 0 Å². The number of likely N-dealkylation sites (tertiary alicyclic amines) is 1. The van der Waals surface area contributed by atoms with E-state index in [1.807, 2.05) is 37.9 Å². The second kappa shape index (κ2) is 9.75. The summed E-state index contributed by atoms with van der Waals surface area (Å²) < 4.78 is 7.39. The standard InChI is InChI=1S/C18H26N6O.HI/c1-14-5-8-23(12-16(14)24-9-7-20-13-24)18(19-2)22-11-15-4-6-21-17(10-15)25-3;/h4,6-7,9-10,13-14,16H,5,8,11-12H2,1-3H3,(H,19,22);1H. The van der Waals surface area contributed by atoms with E-state index in [1.54, 1.807) is 13.3 Å². The fraction of sp³-hybridized carbons (Fsp3) is 0.500. The Morgan fingerprint density at radius 3 is 2.96 bits per heavy atom. The van der Waals surface area contributed by atoms with Crippen LogP contribution in [0.1, 0.15) is 24.9 Å². The lowest BCUT2D eigenvalue weighted by atomic mass is 9.93. The van der Waals surface area contributed by atoms with Crippen molar-refractivity contribution in [3.8, 4) is 5.88 Å². The number of aliphatic imine (C=N–C) groups is 1. The number of pyridine rings is 1. The Kier molecular flexibility index (Phi) is 7.67. The molecule has 1 aliphatic heterocycles. The summed E-state index contributed by atoms with van der Waals surface area (Å²) in [5.41, 5.74) is 1.12. The van der Waals surface area contributed by atoms with Gasteiger partial charge in [0.25, 0.3) is 0 Å². The first-order chi connectivity index (χ1) is 12.2. The number of piperidine rings is 1. The highest BCUT2D eigenvalue weighted by molar-refractivity contribution is 14.0. The van der Waals surface area contributed by atoms with Crippen molar-refractivity contribution in [2.75, 3.05) is 27.2 Å². The third kappa shape index (κ3) is 4.87. The molecule has 0 aliphatic carbocycles. The Balaban J connectivity index is 0.00000243. The number of ether oxygens (including phenoxy) is 1.